The van der Waals surface area contributed by atoms with E-state index in [-0.39, 0.29) is 18.5 Å². The fraction of sp³-hybridized carbons (Fsp3) is 0.898. The van der Waals surface area contributed by atoms with Crippen molar-refractivity contribution in [1.82, 2.24) is 0 Å². The predicted octanol–water partition coefficient (Wildman–Crippen LogP) is 19.6. The highest BCUT2D eigenvalue weighted by Gasteiger charge is 2.17. The first-order valence-corrected chi connectivity index (χ1v) is 28.9. The summed E-state index contributed by atoms with van der Waals surface area (Å²) >= 11 is 0. The van der Waals surface area contributed by atoms with Crippen molar-refractivity contribution < 1.29 is 23.8 Å². The largest absolute Gasteiger partial charge is 0.462 e. The van der Waals surface area contributed by atoms with Gasteiger partial charge in [0.15, 0.2) is 6.10 Å². The molecule has 0 aliphatic carbocycles. The molecule has 0 spiro atoms. The maximum atomic E-state index is 12.8. The summed E-state index contributed by atoms with van der Waals surface area (Å²) in [5.41, 5.74) is 0. The lowest BCUT2D eigenvalue weighted by atomic mass is 10.0. The van der Waals surface area contributed by atoms with Crippen LogP contribution in [0.2, 0.25) is 0 Å². The molecular formula is C59H112O5. The van der Waals surface area contributed by atoms with Crippen LogP contribution >= 0.6 is 0 Å². The highest BCUT2D eigenvalue weighted by molar-refractivity contribution is 5.70. The molecule has 0 saturated heterocycles. The van der Waals surface area contributed by atoms with Crippen LogP contribution in [-0.2, 0) is 23.8 Å². The second-order valence-electron chi connectivity index (χ2n) is 19.5. The Hall–Kier alpha value is -1.62. The van der Waals surface area contributed by atoms with Crippen molar-refractivity contribution in [1.29, 1.82) is 0 Å². The Balaban J connectivity index is 4.21. The Kier molecular flexibility index (Phi) is 54.3. The van der Waals surface area contributed by atoms with Crippen molar-refractivity contribution in [2.45, 2.75) is 322 Å². The third-order valence-electron chi connectivity index (χ3n) is 13.0. The van der Waals surface area contributed by atoms with Gasteiger partial charge in [-0.15, -0.1) is 0 Å². The Labute approximate surface area is 400 Å². The van der Waals surface area contributed by atoms with E-state index in [4.69, 9.17) is 14.2 Å². The van der Waals surface area contributed by atoms with Crippen molar-refractivity contribution in [3.05, 3.63) is 24.3 Å². The first-order valence-electron chi connectivity index (χ1n) is 28.9. The molecule has 64 heavy (non-hydrogen) atoms. The fourth-order valence-corrected chi connectivity index (χ4v) is 8.62. The first-order chi connectivity index (χ1) is 31.6. The summed E-state index contributed by atoms with van der Waals surface area (Å²) in [5, 5.41) is 0. The molecule has 0 rings (SSSR count). The number of carbonyl (C=O) groups is 2. The highest BCUT2D eigenvalue weighted by atomic mass is 16.6. The van der Waals surface area contributed by atoms with E-state index < -0.39 is 6.10 Å². The molecule has 0 aromatic rings. The minimum absolute atomic E-state index is 0.0865. The molecule has 0 bridgehead atoms. The molecule has 0 aromatic carbocycles. The zero-order valence-corrected chi connectivity index (χ0v) is 43.6. The minimum Gasteiger partial charge on any atom is -0.462 e. The van der Waals surface area contributed by atoms with E-state index in [0.717, 1.165) is 44.9 Å². The molecule has 0 fully saturated rings. The van der Waals surface area contributed by atoms with Crippen molar-refractivity contribution >= 4 is 11.9 Å². The third-order valence-corrected chi connectivity index (χ3v) is 13.0. The van der Waals surface area contributed by atoms with Gasteiger partial charge >= 0.3 is 11.9 Å². The Bertz CT molecular complexity index is 974. The molecule has 378 valence electrons. The van der Waals surface area contributed by atoms with Gasteiger partial charge in [-0.3, -0.25) is 9.59 Å². The van der Waals surface area contributed by atoms with Crippen molar-refractivity contribution in [2.24, 2.45) is 0 Å². The number of hydrogen-bond acceptors (Lipinski definition) is 5. The van der Waals surface area contributed by atoms with Gasteiger partial charge in [-0.05, 0) is 70.6 Å². The predicted molar refractivity (Wildman–Crippen MR) is 279 cm³/mol. The fourth-order valence-electron chi connectivity index (χ4n) is 8.62. The summed E-state index contributed by atoms with van der Waals surface area (Å²) in [6.45, 7) is 7.86. The molecule has 0 aliphatic heterocycles. The lowest BCUT2D eigenvalue weighted by Crippen LogP contribution is -2.30. The van der Waals surface area contributed by atoms with Crippen LogP contribution in [-0.4, -0.2) is 37.9 Å². The van der Waals surface area contributed by atoms with Gasteiger partial charge in [0.1, 0.15) is 6.61 Å². The van der Waals surface area contributed by atoms with Crippen LogP contribution in [0.15, 0.2) is 24.3 Å². The summed E-state index contributed by atoms with van der Waals surface area (Å²) in [4.78, 5) is 25.5. The molecule has 5 heteroatoms. The summed E-state index contributed by atoms with van der Waals surface area (Å²) in [6.07, 6.45) is 66.2. The van der Waals surface area contributed by atoms with Gasteiger partial charge in [0.2, 0.25) is 0 Å². The normalized spacial score (nSPS) is 12.2. The zero-order chi connectivity index (χ0) is 46.3. The Morgan fingerprint density at radius 1 is 0.328 bits per heavy atom. The number of ether oxygens (including phenoxy) is 3. The van der Waals surface area contributed by atoms with Gasteiger partial charge in [-0.2, -0.15) is 0 Å². The molecule has 0 N–H and O–H groups in total. The van der Waals surface area contributed by atoms with Crippen LogP contribution in [0.4, 0.5) is 0 Å². The molecule has 0 aliphatic rings. The summed E-state index contributed by atoms with van der Waals surface area (Å²) < 4.78 is 17.5. The zero-order valence-electron chi connectivity index (χ0n) is 43.6. The van der Waals surface area contributed by atoms with Gasteiger partial charge in [-0.1, -0.05) is 257 Å². The third kappa shape index (κ3) is 53.0. The van der Waals surface area contributed by atoms with Gasteiger partial charge < -0.3 is 14.2 Å². The minimum atomic E-state index is -0.536. The van der Waals surface area contributed by atoms with Gasteiger partial charge in [0.05, 0.1) is 6.61 Å². The lowest BCUT2D eigenvalue weighted by molar-refractivity contribution is -0.163. The van der Waals surface area contributed by atoms with Crippen LogP contribution in [0.3, 0.4) is 0 Å². The van der Waals surface area contributed by atoms with Crippen LogP contribution in [0.5, 0.6) is 0 Å². The van der Waals surface area contributed by atoms with Crippen LogP contribution in [0, 0.1) is 0 Å². The van der Waals surface area contributed by atoms with E-state index in [9.17, 15) is 9.59 Å². The summed E-state index contributed by atoms with van der Waals surface area (Å²) in [7, 11) is 0. The highest BCUT2D eigenvalue weighted by Crippen LogP contribution is 2.16. The average Bonchev–Trinajstić information content (AvgIpc) is 3.30. The van der Waals surface area contributed by atoms with E-state index in [0.29, 0.717) is 26.1 Å². The monoisotopic (exact) mass is 901 g/mol. The van der Waals surface area contributed by atoms with E-state index in [1.165, 1.54) is 238 Å². The van der Waals surface area contributed by atoms with Crippen molar-refractivity contribution in [3.8, 4) is 0 Å². The molecule has 0 saturated carbocycles. The summed E-state index contributed by atoms with van der Waals surface area (Å²) in [5.74, 6) is -0.392. The second-order valence-corrected chi connectivity index (χ2v) is 19.5. The quantitative estimate of drug-likeness (QED) is 0.0346. The number of hydrogen-bond donors (Lipinski definition) is 0. The van der Waals surface area contributed by atoms with Gasteiger partial charge in [0.25, 0.3) is 0 Å². The van der Waals surface area contributed by atoms with Crippen molar-refractivity contribution in [3.63, 3.8) is 0 Å². The van der Waals surface area contributed by atoms with Crippen LogP contribution in [0.1, 0.15) is 316 Å². The van der Waals surface area contributed by atoms with E-state index >= 15 is 0 Å². The van der Waals surface area contributed by atoms with Crippen LogP contribution in [0.25, 0.3) is 0 Å². The van der Waals surface area contributed by atoms with Gasteiger partial charge in [0, 0.05) is 19.4 Å². The standard InChI is InChI=1S/C59H112O5/c1-4-7-10-13-16-19-22-25-27-29-31-33-36-39-42-45-48-51-54-62-55-57(64-59(61)53-50-47-44-41-38-34-24-21-18-15-12-9-6-3)56-63-58(60)52-49-46-43-40-37-35-32-30-28-26-23-20-17-14-11-8-5-2/h21,24,26,28,57H,4-20,22-23,25,27,29-56H2,1-3H3/b24-21-,28-26-. The first kappa shape index (κ1) is 62.4. The molecule has 1 atom stereocenters. The topological polar surface area (TPSA) is 61.8 Å². The maximum absolute atomic E-state index is 12.8. The Morgan fingerprint density at radius 3 is 0.969 bits per heavy atom. The average molecular weight is 902 g/mol. The van der Waals surface area contributed by atoms with Crippen LogP contribution < -0.4 is 0 Å². The molecule has 0 radical (unpaired) electrons. The maximum Gasteiger partial charge on any atom is 0.306 e. The second kappa shape index (κ2) is 55.7. The molecule has 0 amide bonds. The lowest BCUT2D eigenvalue weighted by Gasteiger charge is -2.18. The van der Waals surface area contributed by atoms with E-state index in [1.807, 2.05) is 0 Å². The summed E-state index contributed by atoms with van der Waals surface area (Å²) in [6, 6.07) is 0. The number of carbonyl (C=O) groups excluding carboxylic acids is 2. The molecule has 1 unspecified atom stereocenters. The number of rotatable bonds is 54. The molecular weight excluding hydrogens is 789 g/mol. The van der Waals surface area contributed by atoms with E-state index in [1.54, 1.807) is 0 Å². The molecule has 0 aromatic heterocycles. The van der Waals surface area contributed by atoms with Crippen molar-refractivity contribution in [2.75, 3.05) is 19.8 Å². The van der Waals surface area contributed by atoms with Gasteiger partial charge in [-0.25, -0.2) is 0 Å². The Morgan fingerprint density at radius 2 is 0.609 bits per heavy atom. The molecule has 5 nitrogen and oxygen atoms in total. The smallest absolute Gasteiger partial charge is 0.306 e. The molecule has 0 heterocycles. The number of esters is 2. The number of allylic oxidation sites excluding steroid dienone is 4. The number of unbranched alkanes of at least 4 members (excludes halogenated alkanes) is 39. The SMILES string of the molecule is CCCCCC/C=C\CCCCCCCC(=O)OC(COCCCCCCCCCCCCCCCCCCCC)COC(=O)CCCCCCCCC/C=C\CCCCCCCC. The van der Waals surface area contributed by atoms with E-state index in [2.05, 4.69) is 45.1 Å².